The predicted molar refractivity (Wildman–Crippen MR) is 114 cm³/mol. The second-order valence-electron chi connectivity index (χ2n) is 8.45. The standard InChI is InChI=1S/C23H30N4O3/c1-29-22-12-16(4-7-21(22)30-11-10-28)15-27-17-5-6-20(27)18-14-24-23(25-19(18)13-17)26-8-2-3-9-26/h4,7,12,14,17,20,28H,2-3,5-6,8-11,13,15H2,1H3/t17-,20+/m0/s1. The SMILES string of the molecule is COc1cc(CN2[C@H]3CC[C@@H]2c2cnc(N4CCCC4)nc2C3)ccc1OCCO. The quantitative estimate of drug-likeness (QED) is 0.752. The molecular weight excluding hydrogens is 380 g/mol. The van der Waals surface area contributed by atoms with Gasteiger partial charge in [-0.05, 0) is 43.4 Å². The van der Waals surface area contributed by atoms with Gasteiger partial charge in [0.2, 0.25) is 5.95 Å². The van der Waals surface area contributed by atoms with Crippen LogP contribution >= 0.6 is 0 Å². The van der Waals surface area contributed by atoms with E-state index in [9.17, 15) is 0 Å². The molecule has 0 aliphatic carbocycles. The highest BCUT2D eigenvalue weighted by Gasteiger charge is 2.41. The van der Waals surface area contributed by atoms with Crippen molar-refractivity contribution in [3.05, 3.63) is 41.2 Å². The number of hydrogen-bond donors (Lipinski definition) is 1. The summed E-state index contributed by atoms with van der Waals surface area (Å²) in [5, 5.41) is 9.00. The van der Waals surface area contributed by atoms with Crippen molar-refractivity contribution in [1.82, 2.24) is 14.9 Å². The monoisotopic (exact) mass is 410 g/mol. The van der Waals surface area contributed by atoms with Gasteiger partial charge in [-0.2, -0.15) is 0 Å². The van der Waals surface area contributed by atoms with Crippen LogP contribution in [0.15, 0.2) is 24.4 Å². The van der Waals surface area contributed by atoms with Gasteiger partial charge in [-0.3, -0.25) is 4.90 Å². The van der Waals surface area contributed by atoms with E-state index in [0.717, 1.165) is 32.0 Å². The number of nitrogens with zero attached hydrogens (tertiary/aromatic N) is 4. The summed E-state index contributed by atoms with van der Waals surface area (Å²) in [6, 6.07) is 7.00. The normalized spacial score (nSPS) is 22.9. The summed E-state index contributed by atoms with van der Waals surface area (Å²) in [6.07, 6.45) is 7.94. The summed E-state index contributed by atoms with van der Waals surface area (Å²) in [5.74, 6) is 2.30. The van der Waals surface area contributed by atoms with Crippen molar-refractivity contribution in [2.45, 2.75) is 50.7 Å². The van der Waals surface area contributed by atoms with E-state index < -0.39 is 0 Å². The van der Waals surface area contributed by atoms with E-state index in [0.29, 0.717) is 23.6 Å². The van der Waals surface area contributed by atoms with Crippen LogP contribution < -0.4 is 14.4 Å². The molecule has 3 aliphatic rings. The fourth-order valence-electron chi connectivity index (χ4n) is 5.18. The third-order valence-corrected chi connectivity index (χ3v) is 6.65. The minimum atomic E-state index is -0.0109. The van der Waals surface area contributed by atoms with Gasteiger partial charge in [0.05, 0.1) is 19.4 Å². The highest BCUT2D eigenvalue weighted by Crippen LogP contribution is 2.44. The molecular formula is C23H30N4O3. The van der Waals surface area contributed by atoms with Crippen LogP contribution in [-0.4, -0.2) is 59.4 Å². The van der Waals surface area contributed by atoms with Gasteiger partial charge >= 0.3 is 0 Å². The average Bonchev–Trinajstić information content (AvgIpc) is 3.40. The lowest BCUT2D eigenvalue weighted by Crippen LogP contribution is -2.38. The molecule has 1 aromatic heterocycles. The molecule has 7 heteroatoms. The number of fused-ring (bicyclic) bond motifs is 4. The van der Waals surface area contributed by atoms with Crippen molar-refractivity contribution >= 4 is 5.95 Å². The van der Waals surface area contributed by atoms with Crippen LogP contribution in [0.25, 0.3) is 0 Å². The van der Waals surface area contributed by atoms with E-state index >= 15 is 0 Å². The third-order valence-electron chi connectivity index (χ3n) is 6.65. The summed E-state index contributed by atoms with van der Waals surface area (Å²) < 4.78 is 11.1. The smallest absolute Gasteiger partial charge is 0.225 e. The van der Waals surface area contributed by atoms with Gasteiger partial charge in [-0.1, -0.05) is 6.07 Å². The van der Waals surface area contributed by atoms with Gasteiger partial charge in [-0.15, -0.1) is 0 Å². The van der Waals surface area contributed by atoms with E-state index in [-0.39, 0.29) is 13.2 Å². The van der Waals surface area contributed by atoms with Crippen LogP contribution in [0.4, 0.5) is 5.95 Å². The summed E-state index contributed by atoms with van der Waals surface area (Å²) in [6.45, 7) is 3.29. The Morgan fingerprint density at radius 2 is 2.03 bits per heavy atom. The zero-order chi connectivity index (χ0) is 20.5. The lowest BCUT2D eigenvalue weighted by molar-refractivity contribution is 0.165. The first-order valence-electron chi connectivity index (χ1n) is 11.0. The van der Waals surface area contributed by atoms with Crippen molar-refractivity contribution in [3.8, 4) is 11.5 Å². The number of aromatic nitrogens is 2. The second-order valence-corrected chi connectivity index (χ2v) is 8.45. The first kappa shape index (κ1) is 19.6. The summed E-state index contributed by atoms with van der Waals surface area (Å²) >= 11 is 0. The van der Waals surface area contributed by atoms with E-state index in [1.807, 2.05) is 6.07 Å². The Hall–Kier alpha value is -2.38. The lowest BCUT2D eigenvalue weighted by Gasteiger charge is -2.36. The molecule has 2 aromatic rings. The van der Waals surface area contributed by atoms with Gasteiger partial charge in [0.1, 0.15) is 6.61 Å². The molecule has 3 aliphatic heterocycles. The molecule has 0 radical (unpaired) electrons. The summed E-state index contributed by atoms with van der Waals surface area (Å²) in [5.41, 5.74) is 3.76. The molecule has 160 valence electrons. The lowest BCUT2D eigenvalue weighted by atomic mass is 9.98. The van der Waals surface area contributed by atoms with Crippen LogP contribution in [0.3, 0.4) is 0 Å². The van der Waals surface area contributed by atoms with Crippen molar-refractivity contribution in [2.75, 3.05) is 38.3 Å². The van der Waals surface area contributed by atoms with Crippen molar-refractivity contribution < 1.29 is 14.6 Å². The molecule has 1 N–H and O–H groups in total. The number of methoxy groups -OCH3 is 1. The Balaban J connectivity index is 1.35. The number of aliphatic hydroxyl groups excluding tert-OH is 1. The van der Waals surface area contributed by atoms with Crippen molar-refractivity contribution in [3.63, 3.8) is 0 Å². The van der Waals surface area contributed by atoms with Crippen LogP contribution in [0.2, 0.25) is 0 Å². The Labute approximate surface area is 177 Å². The van der Waals surface area contributed by atoms with Crippen LogP contribution in [0.1, 0.15) is 48.5 Å². The molecule has 5 rings (SSSR count). The molecule has 2 atom stereocenters. The first-order chi connectivity index (χ1) is 14.8. The van der Waals surface area contributed by atoms with Gasteiger partial charge in [0.25, 0.3) is 0 Å². The molecule has 0 saturated carbocycles. The third kappa shape index (κ3) is 3.61. The van der Waals surface area contributed by atoms with Crippen molar-refractivity contribution in [2.24, 2.45) is 0 Å². The number of anilines is 1. The molecule has 4 heterocycles. The molecule has 1 aromatic carbocycles. The largest absolute Gasteiger partial charge is 0.493 e. The van der Waals surface area contributed by atoms with E-state index in [1.165, 1.54) is 42.5 Å². The molecule has 0 spiro atoms. The molecule has 30 heavy (non-hydrogen) atoms. The maximum absolute atomic E-state index is 9.00. The van der Waals surface area contributed by atoms with E-state index in [1.54, 1.807) is 7.11 Å². The Morgan fingerprint density at radius 1 is 1.17 bits per heavy atom. The van der Waals surface area contributed by atoms with Crippen LogP contribution in [0.5, 0.6) is 11.5 Å². The number of hydrogen-bond acceptors (Lipinski definition) is 7. The zero-order valence-electron chi connectivity index (χ0n) is 17.6. The van der Waals surface area contributed by atoms with Crippen molar-refractivity contribution in [1.29, 1.82) is 0 Å². The fourth-order valence-corrected chi connectivity index (χ4v) is 5.18. The van der Waals surface area contributed by atoms with Gasteiger partial charge in [-0.25, -0.2) is 9.97 Å². The van der Waals surface area contributed by atoms with E-state index in [4.69, 9.17) is 24.5 Å². The molecule has 2 saturated heterocycles. The highest BCUT2D eigenvalue weighted by atomic mass is 16.5. The fraction of sp³-hybridized carbons (Fsp3) is 0.565. The Morgan fingerprint density at radius 3 is 2.83 bits per heavy atom. The summed E-state index contributed by atoms with van der Waals surface area (Å²) in [7, 11) is 1.65. The maximum atomic E-state index is 9.00. The van der Waals surface area contributed by atoms with Gasteiger partial charge in [0.15, 0.2) is 11.5 Å². The number of aliphatic hydroxyl groups is 1. The molecule has 2 bridgehead atoms. The minimum Gasteiger partial charge on any atom is -0.493 e. The molecule has 0 unspecified atom stereocenters. The minimum absolute atomic E-state index is 0.0109. The topological polar surface area (TPSA) is 71.0 Å². The van der Waals surface area contributed by atoms with E-state index in [2.05, 4.69) is 28.1 Å². The zero-order valence-corrected chi connectivity index (χ0v) is 17.6. The number of benzene rings is 1. The second kappa shape index (κ2) is 8.40. The Bertz CT molecular complexity index is 900. The average molecular weight is 411 g/mol. The molecule has 7 nitrogen and oxygen atoms in total. The number of rotatable bonds is 7. The first-order valence-corrected chi connectivity index (χ1v) is 11.0. The summed E-state index contributed by atoms with van der Waals surface area (Å²) in [4.78, 5) is 14.6. The van der Waals surface area contributed by atoms with Gasteiger partial charge in [0, 0.05) is 49.9 Å². The van der Waals surface area contributed by atoms with Crippen LogP contribution in [-0.2, 0) is 13.0 Å². The Kier molecular flexibility index (Phi) is 5.48. The maximum Gasteiger partial charge on any atom is 0.225 e. The predicted octanol–water partition coefficient (Wildman–Crippen LogP) is 2.72. The van der Waals surface area contributed by atoms with Crippen LogP contribution in [0, 0.1) is 0 Å². The van der Waals surface area contributed by atoms with Gasteiger partial charge < -0.3 is 19.5 Å². The highest BCUT2D eigenvalue weighted by molar-refractivity contribution is 5.43. The number of ether oxygens (including phenoxy) is 2. The molecule has 0 amide bonds. The molecule has 2 fully saturated rings.